The number of alkyl halides is 3. The molecule has 3 aromatic rings. The summed E-state index contributed by atoms with van der Waals surface area (Å²) in [4.78, 5) is 29.2. The molecule has 1 heterocycles. The first-order chi connectivity index (χ1) is 21.5. The number of aliphatic hydroxyl groups is 1. The predicted molar refractivity (Wildman–Crippen MR) is 162 cm³/mol. The number of benzene rings is 2. The SMILES string of the molecule is COc1cc(C(=O)NCC(O)(c2cc(CCNC(=O)OC(C)(C)C)cc(-c3ccc(F)c(Cl)c3)n2)C(F)(F)F)ccc1OC1CC1. The van der Waals surface area contributed by atoms with E-state index < -0.39 is 47.4 Å². The van der Waals surface area contributed by atoms with E-state index in [0.29, 0.717) is 5.75 Å². The van der Waals surface area contributed by atoms with Crippen LogP contribution in [0.25, 0.3) is 11.3 Å². The Balaban J connectivity index is 1.63. The number of hydrogen-bond donors (Lipinski definition) is 3. The molecule has 1 fully saturated rings. The normalized spacial score (nSPS) is 14.7. The number of nitrogens with one attached hydrogen (secondary N) is 2. The van der Waals surface area contributed by atoms with Gasteiger partial charge in [0.15, 0.2) is 11.5 Å². The van der Waals surface area contributed by atoms with Gasteiger partial charge in [-0.1, -0.05) is 11.6 Å². The number of amides is 2. The van der Waals surface area contributed by atoms with Crippen LogP contribution in [0.15, 0.2) is 48.5 Å². The van der Waals surface area contributed by atoms with Gasteiger partial charge in [0, 0.05) is 17.7 Å². The molecule has 0 bridgehead atoms. The minimum atomic E-state index is -5.31. The van der Waals surface area contributed by atoms with Gasteiger partial charge >= 0.3 is 12.3 Å². The molecule has 2 amide bonds. The molecule has 1 unspecified atom stereocenters. The maximum Gasteiger partial charge on any atom is 0.424 e. The van der Waals surface area contributed by atoms with Gasteiger partial charge in [-0.2, -0.15) is 13.2 Å². The van der Waals surface area contributed by atoms with E-state index in [1.807, 2.05) is 0 Å². The summed E-state index contributed by atoms with van der Waals surface area (Å²) in [5.41, 5.74) is -4.94. The second-order valence-electron chi connectivity index (χ2n) is 11.8. The van der Waals surface area contributed by atoms with Gasteiger partial charge in [-0.25, -0.2) is 14.2 Å². The topological polar surface area (TPSA) is 119 Å². The summed E-state index contributed by atoms with van der Waals surface area (Å²) in [6.07, 6.45) is -4.22. The van der Waals surface area contributed by atoms with Crippen LogP contribution >= 0.6 is 11.6 Å². The lowest BCUT2D eigenvalue weighted by atomic mass is 9.94. The first kappa shape index (κ1) is 34.8. The standard InChI is InChI=1S/C32H34ClF4N3O6/c1-30(2,3)46-29(42)38-12-11-18-13-24(19-5-9-23(34)22(33)15-19)40-27(14-18)31(43,32(35,36)37)17-39-28(41)20-6-10-25(26(16-20)44-4)45-21-7-8-21/h5-6,9-10,13-16,21,43H,7-8,11-12,17H2,1-4H3,(H,38,42)(H,39,41). The first-order valence-corrected chi connectivity index (χ1v) is 14.7. The van der Waals surface area contributed by atoms with Crippen molar-refractivity contribution in [3.8, 4) is 22.8 Å². The zero-order chi connectivity index (χ0) is 33.9. The number of carbonyl (C=O) groups is 2. The third kappa shape index (κ3) is 8.79. The van der Waals surface area contributed by atoms with Crippen LogP contribution in [0.3, 0.4) is 0 Å². The Bertz CT molecular complexity index is 1590. The summed E-state index contributed by atoms with van der Waals surface area (Å²) in [5.74, 6) is -1.05. The molecule has 0 radical (unpaired) electrons. The molecule has 1 saturated carbocycles. The van der Waals surface area contributed by atoms with E-state index >= 15 is 0 Å². The predicted octanol–water partition coefficient (Wildman–Crippen LogP) is 6.34. The molecule has 46 heavy (non-hydrogen) atoms. The zero-order valence-corrected chi connectivity index (χ0v) is 26.3. The summed E-state index contributed by atoms with van der Waals surface area (Å²) < 4.78 is 73.9. The maximum atomic E-state index is 14.6. The second kappa shape index (κ2) is 13.7. The van der Waals surface area contributed by atoms with E-state index in [9.17, 15) is 32.3 Å². The first-order valence-electron chi connectivity index (χ1n) is 14.3. The monoisotopic (exact) mass is 667 g/mol. The van der Waals surface area contributed by atoms with Crippen molar-refractivity contribution in [2.45, 2.75) is 63.5 Å². The van der Waals surface area contributed by atoms with E-state index in [1.54, 1.807) is 20.8 Å². The highest BCUT2D eigenvalue weighted by atomic mass is 35.5. The number of methoxy groups -OCH3 is 1. The van der Waals surface area contributed by atoms with E-state index in [2.05, 4.69) is 15.6 Å². The Kier molecular flexibility index (Phi) is 10.4. The lowest BCUT2D eigenvalue weighted by Gasteiger charge is -2.31. The number of pyridine rings is 1. The molecule has 0 aliphatic heterocycles. The molecule has 1 aliphatic carbocycles. The molecule has 1 atom stereocenters. The van der Waals surface area contributed by atoms with Gasteiger partial charge in [0.2, 0.25) is 5.60 Å². The van der Waals surface area contributed by atoms with Gasteiger partial charge in [0.25, 0.3) is 5.91 Å². The van der Waals surface area contributed by atoms with Crippen LogP contribution in [0.4, 0.5) is 22.4 Å². The second-order valence-corrected chi connectivity index (χ2v) is 12.2. The van der Waals surface area contributed by atoms with Crippen LogP contribution in [0, 0.1) is 5.82 Å². The van der Waals surface area contributed by atoms with Crippen molar-refractivity contribution < 1.29 is 46.5 Å². The van der Waals surface area contributed by atoms with Crippen LogP contribution in [-0.4, -0.2) is 60.2 Å². The highest BCUT2D eigenvalue weighted by molar-refractivity contribution is 6.31. The van der Waals surface area contributed by atoms with Crippen molar-refractivity contribution in [3.63, 3.8) is 0 Å². The number of halogens is 5. The summed E-state index contributed by atoms with van der Waals surface area (Å²) in [5, 5.41) is 15.6. The Morgan fingerprint density at radius 1 is 1.02 bits per heavy atom. The van der Waals surface area contributed by atoms with Crippen molar-refractivity contribution in [1.82, 2.24) is 15.6 Å². The summed E-state index contributed by atoms with van der Waals surface area (Å²) >= 11 is 5.92. The van der Waals surface area contributed by atoms with Gasteiger partial charge in [0.05, 0.1) is 36.2 Å². The Hall–Kier alpha value is -4.10. The fraction of sp³-hybridized carbons (Fsp3) is 0.406. The van der Waals surface area contributed by atoms with Gasteiger partial charge in [-0.15, -0.1) is 0 Å². The van der Waals surface area contributed by atoms with Gasteiger partial charge in [-0.05, 0) is 94.1 Å². The molecular formula is C32H34ClF4N3O6. The Labute approximate surface area is 268 Å². The van der Waals surface area contributed by atoms with E-state index in [4.69, 9.17) is 25.8 Å². The molecule has 4 rings (SSSR count). The third-order valence-corrected chi connectivity index (χ3v) is 7.11. The summed E-state index contributed by atoms with van der Waals surface area (Å²) in [6.45, 7) is 3.69. The molecular weight excluding hydrogens is 634 g/mol. The van der Waals surface area contributed by atoms with Crippen LogP contribution in [0.5, 0.6) is 11.5 Å². The molecule has 1 aliphatic rings. The number of hydrogen-bond acceptors (Lipinski definition) is 7. The largest absolute Gasteiger partial charge is 0.493 e. The summed E-state index contributed by atoms with van der Waals surface area (Å²) in [7, 11) is 1.37. The van der Waals surface area contributed by atoms with Crippen LogP contribution in [-0.2, 0) is 16.8 Å². The Morgan fingerprint density at radius 2 is 1.74 bits per heavy atom. The fourth-order valence-electron chi connectivity index (χ4n) is 4.29. The minimum Gasteiger partial charge on any atom is -0.493 e. The van der Waals surface area contributed by atoms with Crippen molar-refractivity contribution in [1.29, 1.82) is 0 Å². The number of alkyl carbamates (subject to hydrolysis) is 1. The van der Waals surface area contributed by atoms with E-state index in [0.717, 1.165) is 25.0 Å². The molecule has 0 saturated heterocycles. The lowest BCUT2D eigenvalue weighted by Crippen LogP contribution is -2.51. The molecule has 248 valence electrons. The highest BCUT2D eigenvalue weighted by Crippen LogP contribution is 2.40. The molecule has 14 heteroatoms. The summed E-state index contributed by atoms with van der Waals surface area (Å²) in [6, 6.07) is 10.1. The fourth-order valence-corrected chi connectivity index (χ4v) is 4.47. The molecule has 1 aromatic heterocycles. The number of carbonyl (C=O) groups excluding carboxylic acids is 2. The average molecular weight is 668 g/mol. The lowest BCUT2D eigenvalue weighted by molar-refractivity contribution is -0.265. The molecule has 0 spiro atoms. The highest BCUT2D eigenvalue weighted by Gasteiger charge is 2.56. The van der Waals surface area contributed by atoms with Crippen molar-refractivity contribution >= 4 is 23.6 Å². The van der Waals surface area contributed by atoms with E-state index in [1.165, 1.54) is 43.5 Å². The van der Waals surface area contributed by atoms with Gasteiger partial charge in [0.1, 0.15) is 11.4 Å². The average Bonchev–Trinajstić information content (AvgIpc) is 3.79. The van der Waals surface area contributed by atoms with Crippen molar-refractivity contribution in [3.05, 3.63) is 76.2 Å². The maximum absolute atomic E-state index is 14.6. The number of nitrogens with zero attached hydrogens (tertiary/aromatic N) is 1. The van der Waals surface area contributed by atoms with Gasteiger partial charge in [-0.3, -0.25) is 4.79 Å². The van der Waals surface area contributed by atoms with Crippen LogP contribution in [0.2, 0.25) is 5.02 Å². The van der Waals surface area contributed by atoms with Crippen molar-refractivity contribution in [2.75, 3.05) is 20.2 Å². The smallest absolute Gasteiger partial charge is 0.424 e. The molecule has 2 aromatic carbocycles. The number of rotatable bonds is 11. The van der Waals surface area contributed by atoms with Gasteiger partial charge < -0.3 is 30.0 Å². The molecule has 9 nitrogen and oxygen atoms in total. The third-order valence-electron chi connectivity index (χ3n) is 6.82. The number of aromatic nitrogens is 1. The molecule has 3 N–H and O–H groups in total. The number of ether oxygens (including phenoxy) is 3. The van der Waals surface area contributed by atoms with E-state index in [-0.39, 0.29) is 52.2 Å². The van der Waals surface area contributed by atoms with Crippen LogP contribution < -0.4 is 20.1 Å². The quantitative estimate of drug-likeness (QED) is 0.204. The van der Waals surface area contributed by atoms with Crippen molar-refractivity contribution in [2.24, 2.45) is 0 Å². The Morgan fingerprint density at radius 3 is 2.35 bits per heavy atom. The van der Waals surface area contributed by atoms with Crippen LogP contribution in [0.1, 0.15) is 55.2 Å². The minimum absolute atomic E-state index is 0.00601. The zero-order valence-electron chi connectivity index (χ0n) is 25.6.